The van der Waals surface area contributed by atoms with Crippen LogP contribution in [0.5, 0.6) is 5.88 Å². The van der Waals surface area contributed by atoms with Gasteiger partial charge in [-0.3, -0.25) is 4.79 Å². The molecular formula is C17H15F3N2O4. The zero-order valence-corrected chi connectivity index (χ0v) is 13.9. The first-order valence-electron chi connectivity index (χ1n) is 7.37. The predicted molar refractivity (Wildman–Crippen MR) is 84.1 cm³/mol. The molecule has 0 aliphatic carbocycles. The molecule has 26 heavy (non-hydrogen) atoms. The lowest BCUT2D eigenvalue weighted by atomic mass is 10.1. The number of pyridine rings is 1. The van der Waals surface area contributed by atoms with Crippen molar-refractivity contribution in [2.75, 3.05) is 14.2 Å². The molecule has 1 heterocycles. The molecule has 6 nitrogen and oxygen atoms in total. The number of esters is 1. The topological polar surface area (TPSA) is 77.5 Å². The van der Waals surface area contributed by atoms with E-state index in [-0.39, 0.29) is 6.42 Å². The van der Waals surface area contributed by atoms with Crippen LogP contribution in [0, 0.1) is 17.5 Å². The molecule has 2 rings (SSSR count). The molecule has 0 radical (unpaired) electrons. The van der Waals surface area contributed by atoms with Crippen LogP contribution in [0.25, 0.3) is 0 Å². The third-order valence-electron chi connectivity index (χ3n) is 3.47. The van der Waals surface area contributed by atoms with Gasteiger partial charge in [0.15, 0.2) is 0 Å². The van der Waals surface area contributed by atoms with E-state index in [0.29, 0.717) is 23.6 Å². The number of carbonyl (C=O) groups is 2. The summed E-state index contributed by atoms with van der Waals surface area (Å²) < 4.78 is 49.9. The van der Waals surface area contributed by atoms with Crippen LogP contribution in [0.4, 0.5) is 13.2 Å². The highest BCUT2D eigenvalue weighted by Crippen LogP contribution is 2.16. The minimum atomic E-state index is -1.38. The van der Waals surface area contributed by atoms with Gasteiger partial charge in [-0.2, -0.15) is 0 Å². The summed E-state index contributed by atoms with van der Waals surface area (Å²) in [6.07, 6.45) is 1.37. The summed E-state index contributed by atoms with van der Waals surface area (Å²) in [5.74, 6) is -5.60. The van der Waals surface area contributed by atoms with Crippen LogP contribution in [-0.4, -0.2) is 37.1 Å². The molecule has 1 amide bonds. The minimum Gasteiger partial charge on any atom is -0.481 e. The number of aromatic nitrogens is 1. The van der Waals surface area contributed by atoms with E-state index in [9.17, 15) is 22.8 Å². The van der Waals surface area contributed by atoms with E-state index in [1.165, 1.54) is 13.3 Å². The Labute approximate surface area is 146 Å². The molecule has 2 aromatic rings. The zero-order valence-electron chi connectivity index (χ0n) is 13.9. The van der Waals surface area contributed by atoms with E-state index in [2.05, 4.69) is 15.0 Å². The van der Waals surface area contributed by atoms with Crippen LogP contribution in [0.1, 0.15) is 15.9 Å². The molecule has 9 heteroatoms. The van der Waals surface area contributed by atoms with Gasteiger partial charge >= 0.3 is 5.97 Å². The summed E-state index contributed by atoms with van der Waals surface area (Å²) >= 11 is 0. The molecule has 0 aliphatic rings. The van der Waals surface area contributed by atoms with Crippen molar-refractivity contribution in [1.82, 2.24) is 10.3 Å². The first-order chi connectivity index (χ1) is 12.3. The number of nitrogens with one attached hydrogen (secondary N) is 1. The zero-order chi connectivity index (χ0) is 19.3. The van der Waals surface area contributed by atoms with Gasteiger partial charge in [0.05, 0.1) is 14.2 Å². The van der Waals surface area contributed by atoms with Crippen molar-refractivity contribution in [1.29, 1.82) is 0 Å². The molecule has 0 bridgehead atoms. The van der Waals surface area contributed by atoms with Crippen molar-refractivity contribution in [2.45, 2.75) is 12.5 Å². The van der Waals surface area contributed by atoms with Gasteiger partial charge in [-0.25, -0.2) is 22.9 Å². The summed E-state index contributed by atoms with van der Waals surface area (Å²) in [6.45, 7) is 0. The van der Waals surface area contributed by atoms with Gasteiger partial charge in [0, 0.05) is 30.8 Å². The molecular weight excluding hydrogens is 353 g/mol. The molecule has 138 valence electrons. The number of carbonyl (C=O) groups excluding carboxylic acids is 2. The largest absolute Gasteiger partial charge is 0.481 e. The van der Waals surface area contributed by atoms with Crippen molar-refractivity contribution >= 4 is 11.9 Å². The molecule has 0 saturated heterocycles. The van der Waals surface area contributed by atoms with Gasteiger partial charge in [0.2, 0.25) is 5.88 Å². The summed E-state index contributed by atoms with van der Waals surface area (Å²) in [5.41, 5.74) is -0.449. The number of rotatable bonds is 6. The lowest BCUT2D eigenvalue weighted by molar-refractivity contribution is -0.142. The number of benzene rings is 1. The summed E-state index contributed by atoms with van der Waals surface area (Å²) in [4.78, 5) is 28.0. The molecule has 1 aromatic carbocycles. The van der Waals surface area contributed by atoms with Crippen molar-refractivity contribution in [3.8, 4) is 5.88 Å². The van der Waals surface area contributed by atoms with Gasteiger partial charge in [-0.15, -0.1) is 0 Å². The monoisotopic (exact) mass is 368 g/mol. The van der Waals surface area contributed by atoms with Crippen LogP contribution in [0.3, 0.4) is 0 Å². The van der Waals surface area contributed by atoms with Crippen LogP contribution in [0.15, 0.2) is 30.5 Å². The maximum absolute atomic E-state index is 13.7. The Morgan fingerprint density at radius 1 is 1.15 bits per heavy atom. The highest BCUT2D eigenvalue weighted by atomic mass is 19.1. The van der Waals surface area contributed by atoms with E-state index in [1.54, 1.807) is 12.1 Å². The Hall–Kier alpha value is -3.10. The fourth-order valence-electron chi connectivity index (χ4n) is 2.21. The van der Waals surface area contributed by atoms with Crippen LogP contribution >= 0.6 is 0 Å². The smallest absolute Gasteiger partial charge is 0.328 e. The molecule has 1 aromatic heterocycles. The second kappa shape index (κ2) is 8.32. The normalized spacial score (nSPS) is 11.6. The predicted octanol–water partition coefficient (Wildman–Crippen LogP) is 2.02. The van der Waals surface area contributed by atoms with E-state index < -0.39 is 40.9 Å². The van der Waals surface area contributed by atoms with E-state index in [4.69, 9.17) is 4.74 Å². The maximum Gasteiger partial charge on any atom is 0.328 e. The number of hydrogen-bond acceptors (Lipinski definition) is 5. The first-order valence-corrected chi connectivity index (χ1v) is 7.37. The number of halogens is 3. The number of amides is 1. The fraction of sp³-hybridized carbons (Fsp3) is 0.235. The second-order valence-corrected chi connectivity index (χ2v) is 5.21. The van der Waals surface area contributed by atoms with E-state index in [0.717, 1.165) is 7.11 Å². The fourth-order valence-corrected chi connectivity index (χ4v) is 2.21. The van der Waals surface area contributed by atoms with Gasteiger partial charge in [0.1, 0.15) is 29.1 Å². The van der Waals surface area contributed by atoms with Gasteiger partial charge < -0.3 is 14.8 Å². The highest BCUT2D eigenvalue weighted by Gasteiger charge is 2.26. The quantitative estimate of drug-likeness (QED) is 0.790. The third kappa shape index (κ3) is 4.50. The van der Waals surface area contributed by atoms with Crippen LogP contribution in [0.2, 0.25) is 0 Å². The van der Waals surface area contributed by atoms with Crippen molar-refractivity contribution in [2.24, 2.45) is 0 Å². The van der Waals surface area contributed by atoms with E-state index in [1.807, 2.05) is 0 Å². The Balaban J connectivity index is 2.22. The molecule has 0 saturated carbocycles. The maximum atomic E-state index is 13.7. The standard InChI is InChI=1S/C17H15F3N2O4/c1-25-14-4-3-9(8-21-14)5-13(17(24)26-2)22-16(23)15-11(19)6-10(18)7-12(15)20/h3-4,6-8,13H,5H2,1-2H3,(H,22,23)/t13-/m1/s1. The summed E-state index contributed by atoms with van der Waals surface area (Å²) in [6, 6.07) is 2.67. The Kier molecular flexibility index (Phi) is 6.16. The highest BCUT2D eigenvalue weighted by molar-refractivity contribution is 5.97. The third-order valence-corrected chi connectivity index (χ3v) is 3.47. The lowest BCUT2D eigenvalue weighted by Crippen LogP contribution is -2.43. The van der Waals surface area contributed by atoms with Gasteiger partial charge in [-0.05, 0) is 5.56 Å². The molecule has 0 aliphatic heterocycles. The number of ether oxygens (including phenoxy) is 2. The molecule has 1 atom stereocenters. The number of hydrogen-bond donors (Lipinski definition) is 1. The minimum absolute atomic E-state index is 0.0418. The number of nitrogens with zero attached hydrogens (tertiary/aromatic N) is 1. The molecule has 0 spiro atoms. The van der Waals surface area contributed by atoms with Gasteiger partial charge in [0.25, 0.3) is 5.91 Å². The van der Waals surface area contributed by atoms with Crippen molar-refractivity contribution < 1.29 is 32.2 Å². The van der Waals surface area contributed by atoms with Gasteiger partial charge in [-0.1, -0.05) is 6.07 Å². The Morgan fingerprint density at radius 2 is 1.81 bits per heavy atom. The Morgan fingerprint density at radius 3 is 2.31 bits per heavy atom. The first kappa shape index (κ1) is 19.2. The SMILES string of the molecule is COC(=O)[C@@H](Cc1ccc(OC)nc1)NC(=O)c1c(F)cc(F)cc1F. The summed E-state index contributed by atoms with van der Waals surface area (Å²) in [5, 5.41) is 2.19. The second-order valence-electron chi connectivity index (χ2n) is 5.21. The molecule has 0 unspecified atom stereocenters. The van der Waals surface area contributed by atoms with Crippen LogP contribution in [-0.2, 0) is 16.0 Å². The number of methoxy groups -OCH3 is 2. The van der Waals surface area contributed by atoms with Crippen molar-refractivity contribution in [3.05, 3.63) is 59.0 Å². The lowest BCUT2D eigenvalue weighted by Gasteiger charge is -2.17. The van der Waals surface area contributed by atoms with Crippen LogP contribution < -0.4 is 10.1 Å². The average molecular weight is 368 g/mol. The average Bonchev–Trinajstić information content (AvgIpc) is 2.60. The molecule has 1 N–H and O–H groups in total. The van der Waals surface area contributed by atoms with Crippen molar-refractivity contribution in [3.63, 3.8) is 0 Å². The summed E-state index contributed by atoms with van der Waals surface area (Å²) in [7, 11) is 2.54. The molecule has 0 fully saturated rings. The van der Waals surface area contributed by atoms with E-state index >= 15 is 0 Å². The Bertz CT molecular complexity index is 789.